The van der Waals surface area contributed by atoms with Crippen molar-refractivity contribution in [2.45, 2.75) is 20.4 Å². The number of nitrogens with one attached hydrogen (secondary N) is 1. The standard InChI is InChI=1S/C15H19BrN4/c1-4-17-14-11(2)15(19-10-18-14)20(3)9-12-6-5-7-13(16)8-12/h5-8,10H,4,9H2,1-3H3,(H,17,18,19). The molecule has 0 bridgehead atoms. The van der Waals surface area contributed by atoms with Crippen LogP contribution in [0.25, 0.3) is 0 Å². The Morgan fingerprint density at radius 3 is 2.80 bits per heavy atom. The van der Waals surface area contributed by atoms with E-state index in [2.05, 4.69) is 55.2 Å². The molecule has 2 aromatic rings. The van der Waals surface area contributed by atoms with E-state index in [0.717, 1.165) is 34.8 Å². The van der Waals surface area contributed by atoms with Crippen molar-refractivity contribution in [3.63, 3.8) is 0 Å². The van der Waals surface area contributed by atoms with Gasteiger partial charge in [-0.1, -0.05) is 28.1 Å². The van der Waals surface area contributed by atoms with Crippen molar-refractivity contribution >= 4 is 27.6 Å². The van der Waals surface area contributed by atoms with Gasteiger partial charge in [-0.3, -0.25) is 0 Å². The van der Waals surface area contributed by atoms with E-state index in [0.29, 0.717) is 0 Å². The van der Waals surface area contributed by atoms with Crippen LogP contribution < -0.4 is 10.2 Å². The third kappa shape index (κ3) is 3.48. The van der Waals surface area contributed by atoms with Crippen LogP contribution in [0, 0.1) is 6.92 Å². The maximum Gasteiger partial charge on any atom is 0.137 e. The zero-order valence-electron chi connectivity index (χ0n) is 12.0. The minimum atomic E-state index is 0.808. The van der Waals surface area contributed by atoms with Crippen LogP contribution in [0.2, 0.25) is 0 Å². The molecule has 0 radical (unpaired) electrons. The second-order valence-electron chi connectivity index (χ2n) is 4.69. The molecule has 0 amide bonds. The SMILES string of the molecule is CCNc1ncnc(N(C)Cc2cccc(Br)c2)c1C. The lowest BCUT2D eigenvalue weighted by Gasteiger charge is -2.21. The largest absolute Gasteiger partial charge is 0.370 e. The molecule has 0 aliphatic heterocycles. The summed E-state index contributed by atoms with van der Waals surface area (Å²) in [7, 11) is 2.05. The highest BCUT2D eigenvalue weighted by atomic mass is 79.9. The van der Waals surface area contributed by atoms with Gasteiger partial charge in [0.05, 0.1) is 0 Å². The van der Waals surface area contributed by atoms with Crippen molar-refractivity contribution in [3.05, 3.63) is 46.2 Å². The molecule has 20 heavy (non-hydrogen) atoms. The number of halogens is 1. The lowest BCUT2D eigenvalue weighted by Crippen LogP contribution is -2.20. The highest BCUT2D eigenvalue weighted by Gasteiger charge is 2.11. The lowest BCUT2D eigenvalue weighted by molar-refractivity contribution is 0.881. The summed E-state index contributed by atoms with van der Waals surface area (Å²) in [5.74, 6) is 1.86. The minimum absolute atomic E-state index is 0.808. The smallest absolute Gasteiger partial charge is 0.137 e. The molecule has 0 saturated carbocycles. The molecule has 0 saturated heterocycles. The third-order valence-electron chi connectivity index (χ3n) is 3.07. The van der Waals surface area contributed by atoms with E-state index >= 15 is 0 Å². The average molecular weight is 335 g/mol. The zero-order valence-corrected chi connectivity index (χ0v) is 13.6. The molecule has 106 valence electrons. The van der Waals surface area contributed by atoms with Gasteiger partial charge in [-0.15, -0.1) is 0 Å². The summed E-state index contributed by atoms with van der Waals surface area (Å²) >= 11 is 3.50. The summed E-state index contributed by atoms with van der Waals surface area (Å²) in [5, 5.41) is 3.26. The third-order valence-corrected chi connectivity index (χ3v) is 3.57. The molecule has 0 atom stereocenters. The maximum atomic E-state index is 4.40. The van der Waals surface area contributed by atoms with E-state index in [9.17, 15) is 0 Å². The van der Waals surface area contributed by atoms with Crippen molar-refractivity contribution in [2.75, 3.05) is 23.8 Å². The van der Waals surface area contributed by atoms with Crippen LogP contribution in [0.5, 0.6) is 0 Å². The van der Waals surface area contributed by atoms with Gasteiger partial charge in [-0.25, -0.2) is 9.97 Å². The molecule has 0 aliphatic carbocycles. The molecule has 1 heterocycles. The molecule has 1 N–H and O–H groups in total. The van der Waals surface area contributed by atoms with Crippen molar-refractivity contribution < 1.29 is 0 Å². The first-order valence-corrected chi connectivity index (χ1v) is 7.42. The van der Waals surface area contributed by atoms with E-state index in [1.165, 1.54) is 5.56 Å². The van der Waals surface area contributed by atoms with E-state index in [1.807, 2.05) is 26.1 Å². The molecule has 0 fully saturated rings. The first kappa shape index (κ1) is 14.8. The molecule has 4 nitrogen and oxygen atoms in total. The average Bonchev–Trinajstić information content (AvgIpc) is 2.41. The van der Waals surface area contributed by atoms with E-state index < -0.39 is 0 Å². The minimum Gasteiger partial charge on any atom is -0.370 e. The molecule has 1 aromatic carbocycles. The summed E-state index contributed by atoms with van der Waals surface area (Å²) in [6.45, 7) is 5.77. The summed E-state index contributed by atoms with van der Waals surface area (Å²) in [4.78, 5) is 10.8. The maximum absolute atomic E-state index is 4.40. The Labute approximate surface area is 128 Å². The number of hydrogen-bond acceptors (Lipinski definition) is 4. The van der Waals surface area contributed by atoms with Gasteiger partial charge in [0.2, 0.25) is 0 Å². The number of nitrogens with zero attached hydrogens (tertiary/aromatic N) is 3. The van der Waals surface area contributed by atoms with Crippen LogP contribution in [0.3, 0.4) is 0 Å². The van der Waals surface area contributed by atoms with Gasteiger partial charge in [0, 0.05) is 30.2 Å². The molecule has 1 aromatic heterocycles. The summed E-state index contributed by atoms with van der Waals surface area (Å²) < 4.78 is 1.09. The Hall–Kier alpha value is -1.62. The summed E-state index contributed by atoms with van der Waals surface area (Å²) in [6.07, 6.45) is 1.61. The summed E-state index contributed by atoms with van der Waals surface area (Å²) in [6, 6.07) is 8.31. The van der Waals surface area contributed by atoms with Gasteiger partial charge in [-0.05, 0) is 31.5 Å². The number of hydrogen-bond donors (Lipinski definition) is 1. The Kier molecular flexibility index (Phi) is 4.95. The van der Waals surface area contributed by atoms with Crippen LogP contribution >= 0.6 is 15.9 Å². The molecule has 0 unspecified atom stereocenters. The van der Waals surface area contributed by atoms with Gasteiger partial charge < -0.3 is 10.2 Å². The van der Waals surface area contributed by atoms with Gasteiger partial charge in [-0.2, -0.15) is 0 Å². The van der Waals surface area contributed by atoms with Crippen LogP contribution in [-0.4, -0.2) is 23.6 Å². The van der Waals surface area contributed by atoms with Crippen LogP contribution in [0.1, 0.15) is 18.1 Å². The Balaban J connectivity index is 2.21. The number of benzene rings is 1. The Morgan fingerprint density at radius 1 is 1.30 bits per heavy atom. The molecule has 0 aliphatic rings. The molecule has 2 rings (SSSR count). The highest BCUT2D eigenvalue weighted by Crippen LogP contribution is 2.23. The van der Waals surface area contributed by atoms with Crippen molar-refractivity contribution in [3.8, 4) is 0 Å². The molecule has 5 heteroatoms. The molecular formula is C15H19BrN4. The first-order chi connectivity index (χ1) is 9.61. The highest BCUT2D eigenvalue weighted by molar-refractivity contribution is 9.10. The first-order valence-electron chi connectivity index (χ1n) is 6.63. The summed E-state index contributed by atoms with van der Waals surface area (Å²) in [5.41, 5.74) is 2.32. The fourth-order valence-electron chi connectivity index (χ4n) is 2.16. The van der Waals surface area contributed by atoms with E-state index in [1.54, 1.807) is 6.33 Å². The lowest BCUT2D eigenvalue weighted by atomic mass is 10.2. The fraction of sp³-hybridized carbons (Fsp3) is 0.333. The number of rotatable bonds is 5. The fourth-order valence-corrected chi connectivity index (χ4v) is 2.60. The van der Waals surface area contributed by atoms with Crippen LogP contribution in [0.4, 0.5) is 11.6 Å². The number of anilines is 2. The quantitative estimate of drug-likeness (QED) is 0.906. The predicted molar refractivity (Wildman–Crippen MR) is 87.2 cm³/mol. The van der Waals surface area contributed by atoms with Gasteiger partial charge in [0.25, 0.3) is 0 Å². The van der Waals surface area contributed by atoms with Crippen molar-refractivity contribution in [2.24, 2.45) is 0 Å². The Bertz CT molecular complexity index is 586. The topological polar surface area (TPSA) is 41.1 Å². The van der Waals surface area contributed by atoms with Crippen LogP contribution in [-0.2, 0) is 6.54 Å². The van der Waals surface area contributed by atoms with Gasteiger partial charge in [0.1, 0.15) is 18.0 Å². The van der Waals surface area contributed by atoms with Crippen molar-refractivity contribution in [1.82, 2.24) is 9.97 Å². The van der Waals surface area contributed by atoms with E-state index in [4.69, 9.17) is 0 Å². The molecular weight excluding hydrogens is 316 g/mol. The van der Waals surface area contributed by atoms with Gasteiger partial charge in [0.15, 0.2) is 0 Å². The second-order valence-corrected chi connectivity index (χ2v) is 5.60. The van der Waals surface area contributed by atoms with E-state index in [-0.39, 0.29) is 0 Å². The second kappa shape index (κ2) is 6.70. The predicted octanol–water partition coefficient (Wildman–Crippen LogP) is 3.62. The van der Waals surface area contributed by atoms with Crippen molar-refractivity contribution in [1.29, 1.82) is 0 Å². The normalized spacial score (nSPS) is 10.4. The number of aromatic nitrogens is 2. The Morgan fingerprint density at radius 2 is 2.10 bits per heavy atom. The monoisotopic (exact) mass is 334 g/mol. The zero-order chi connectivity index (χ0) is 14.5. The van der Waals surface area contributed by atoms with Gasteiger partial charge >= 0.3 is 0 Å². The van der Waals surface area contributed by atoms with Crippen LogP contribution in [0.15, 0.2) is 35.1 Å². The molecule has 0 spiro atoms.